The van der Waals surface area contributed by atoms with Crippen LogP contribution in [-0.2, 0) is 0 Å². The maximum absolute atomic E-state index is 3.67. The van der Waals surface area contributed by atoms with Gasteiger partial charge >= 0.3 is 0 Å². The highest BCUT2D eigenvalue weighted by Gasteiger charge is 2.29. The van der Waals surface area contributed by atoms with Gasteiger partial charge in [-0.25, -0.2) is 0 Å². The molecule has 0 saturated heterocycles. The van der Waals surface area contributed by atoms with Gasteiger partial charge in [-0.15, -0.1) is 0 Å². The van der Waals surface area contributed by atoms with Crippen LogP contribution in [0.25, 0.3) is 0 Å². The van der Waals surface area contributed by atoms with Crippen LogP contribution in [0.3, 0.4) is 0 Å². The first-order valence-corrected chi connectivity index (χ1v) is 7.59. The van der Waals surface area contributed by atoms with E-state index < -0.39 is 0 Å². The molecular formula is C15H29N. The molecule has 2 aliphatic rings. The minimum Gasteiger partial charge on any atom is -0.316 e. The Morgan fingerprint density at radius 3 is 1.44 bits per heavy atom. The van der Waals surface area contributed by atoms with E-state index in [1.54, 1.807) is 0 Å². The lowest BCUT2D eigenvalue weighted by Gasteiger charge is -2.35. The predicted molar refractivity (Wildman–Crippen MR) is 70.6 cm³/mol. The molecule has 0 aromatic rings. The molecule has 1 unspecified atom stereocenters. The normalized spacial score (nSPS) is 27.6. The smallest absolute Gasteiger partial charge is 0.0121 e. The van der Waals surface area contributed by atoms with Crippen molar-refractivity contribution in [1.29, 1.82) is 0 Å². The average molecular weight is 223 g/mol. The summed E-state index contributed by atoms with van der Waals surface area (Å²) in [5.41, 5.74) is 0. The van der Waals surface area contributed by atoms with Crippen LogP contribution in [0.4, 0.5) is 0 Å². The summed E-state index contributed by atoms with van der Waals surface area (Å²) in [7, 11) is 2.20. The SMILES string of the molecule is CNC(C1CCCCCC1)C1CCCCC1. The molecule has 1 N–H and O–H groups in total. The Bertz CT molecular complexity index is 176. The van der Waals surface area contributed by atoms with Gasteiger partial charge in [-0.2, -0.15) is 0 Å². The standard InChI is InChI=1S/C15H29N/c1-16-15(14-11-7-4-8-12-14)13-9-5-2-3-6-10-13/h13-16H,2-12H2,1H3. The van der Waals surface area contributed by atoms with E-state index in [9.17, 15) is 0 Å². The topological polar surface area (TPSA) is 12.0 Å². The van der Waals surface area contributed by atoms with Gasteiger partial charge in [0.05, 0.1) is 0 Å². The molecule has 1 heteroatoms. The zero-order valence-electron chi connectivity index (χ0n) is 11.0. The molecule has 1 nitrogen and oxygen atoms in total. The molecule has 2 aliphatic carbocycles. The van der Waals surface area contributed by atoms with Gasteiger partial charge in [0.25, 0.3) is 0 Å². The van der Waals surface area contributed by atoms with Crippen LogP contribution in [0.1, 0.15) is 70.6 Å². The summed E-state index contributed by atoms with van der Waals surface area (Å²) in [6.07, 6.45) is 16.3. The molecule has 2 rings (SSSR count). The van der Waals surface area contributed by atoms with Crippen molar-refractivity contribution in [3.8, 4) is 0 Å². The van der Waals surface area contributed by atoms with Crippen molar-refractivity contribution in [3.63, 3.8) is 0 Å². The zero-order chi connectivity index (χ0) is 11.2. The average Bonchev–Trinajstić information content (AvgIpc) is 2.61. The Hall–Kier alpha value is -0.0400. The zero-order valence-corrected chi connectivity index (χ0v) is 11.0. The highest BCUT2D eigenvalue weighted by molar-refractivity contribution is 4.85. The highest BCUT2D eigenvalue weighted by atomic mass is 14.9. The van der Waals surface area contributed by atoms with Crippen molar-refractivity contribution in [2.45, 2.75) is 76.7 Å². The van der Waals surface area contributed by atoms with Crippen molar-refractivity contribution in [2.75, 3.05) is 7.05 Å². The summed E-state index contributed by atoms with van der Waals surface area (Å²) in [5.74, 6) is 1.97. The molecule has 0 bridgehead atoms. The Labute approximate surface area is 101 Å². The van der Waals surface area contributed by atoms with Crippen molar-refractivity contribution in [3.05, 3.63) is 0 Å². The van der Waals surface area contributed by atoms with Crippen LogP contribution in [0.2, 0.25) is 0 Å². The second-order valence-corrected chi connectivity index (χ2v) is 5.96. The number of hydrogen-bond donors (Lipinski definition) is 1. The van der Waals surface area contributed by atoms with E-state index in [0.29, 0.717) is 0 Å². The van der Waals surface area contributed by atoms with Crippen LogP contribution < -0.4 is 5.32 Å². The fourth-order valence-electron chi connectivity index (χ4n) is 4.02. The number of rotatable bonds is 3. The fraction of sp³-hybridized carbons (Fsp3) is 1.00. The third-order valence-corrected chi connectivity index (χ3v) is 4.90. The predicted octanol–water partition coefficient (Wildman–Crippen LogP) is 4.13. The first-order chi connectivity index (χ1) is 7.92. The van der Waals surface area contributed by atoms with E-state index in [-0.39, 0.29) is 0 Å². The molecule has 1 atom stereocenters. The number of hydrogen-bond acceptors (Lipinski definition) is 1. The van der Waals surface area contributed by atoms with E-state index >= 15 is 0 Å². The largest absolute Gasteiger partial charge is 0.316 e. The molecule has 0 radical (unpaired) electrons. The molecule has 94 valence electrons. The molecule has 16 heavy (non-hydrogen) atoms. The van der Waals surface area contributed by atoms with Crippen LogP contribution in [0, 0.1) is 11.8 Å². The summed E-state index contributed by atoms with van der Waals surface area (Å²) >= 11 is 0. The summed E-state index contributed by atoms with van der Waals surface area (Å²) in [6, 6.07) is 0.832. The second kappa shape index (κ2) is 6.64. The molecule has 0 aromatic heterocycles. The lowest BCUT2D eigenvalue weighted by molar-refractivity contribution is 0.201. The van der Waals surface area contributed by atoms with E-state index in [1.165, 1.54) is 70.6 Å². The first kappa shape index (κ1) is 12.4. The molecule has 0 aromatic carbocycles. The molecular weight excluding hydrogens is 194 g/mol. The van der Waals surface area contributed by atoms with Gasteiger partial charge in [0.1, 0.15) is 0 Å². The van der Waals surface area contributed by atoms with Gasteiger partial charge in [-0.05, 0) is 44.6 Å². The number of nitrogens with one attached hydrogen (secondary N) is 1. The molecule has 0 amide bonds. The van der Waals surface area contributed by atoms with Crippen molar-refractivity contribution in [2.24, 2.45) is 11.8 Å². The summed E-state index contributed by atoms with van der Waals surface area (Å²) < 4.78 is 0. The van der Waals surface area contributed by atoms with Gasteiger partial charge in [0, 0.05) is 6.04 Å². The molecule has 0 heterocycles. The first-order valence-electron chi connectivity index (χ1n) is 7.59. The van der Waals surface area contributed by atoms with Crippen LogP contribution in [0.5, 0.6) is 0 Å². The molecule has 0 spiro atoms. The van der Waals surface area contributed by atoms with E-state index in [0.717, 1.165) is 17.9 Å². The van der Waals surface area contributed by atoms with E-state index in [2.05, 4.69) is 12.4 Å². The Balaban J connectivity index is 1.90. The second-order valence-electron chi connectivity index (χ2n) is 5.96. The molecule has 2 fully saturated rings. The van der Waals surface area contributed by atoms with Gasteiger partial charge in [-0.1, -0.05) is 44.9 Å². The third kappa shape index (κ3) is 3.23. The van der Waals surface area contributed by atoms with E-state index in [4.69, 9.17) is 0 Å². The molecule has 2 saturated carbocycles. The maximum Gasteiger partial charge on any atom is 0.0121 e. The van der Waals surface area contributed by atoms with Crippen LogP contribution >= 0.6 is 0 Å². The molecule has 0 aliphatic heterocycles. The van der Waals surface area contributed by atoms with Crippen molar-refractivity contribution in [1.82, 2.24) is 5.32 Å². The van der Waals surface area contributed by atoms with Crippen LogP contribution in [-0.4, -0.2) is 13.1 Å². The maximum atomic E-state index is 3.67. The summed E-state index contributed by atoms with van der Waals surface area (Å²) in [5, 5.41) is 3.67. The van der Waals surface area contributed by atoms with Gasteiger partial charge in [0.2, 0.25) is 0 Å². The lowest BCUT2D eigenvalue weighted by Crippen LogP contribution is -2.41. The Morgan fingerprint density at radius 2 is 1.06 bits per heavy atom. The van der Waals surface area contributed by atoms with Crippen molar-refractivity contribution >= 4 is 0 Å². The van der Waals surface area contributed by atoms with Gasteiger partial charge < -0.3 is 5.32 Å². The minimum absolute atomic E-state index is 0.832. The summed E-state index contributed by atoms with van der Waals surface area (Å²) in [4.78, 5) is 0. The lowest BCUT2D eigenvalue weighted by atomic mass is 9.76. The quantitative estimate of drug-likeness (QED) is 0.710. The Morgan fingerprint density at radius 1 is 0.688 bits per heavy atom. The van der Waals surface area contributed by atoms with Crippen molar-refractivity contribution < 1.29 is 0 Å². The fourth-order valence-corrected chi connectivity index (χ4v) is 4.02. The Kier molecular flexibility index (Phi) is 5.15. The van der Waals surface area contributed by atoms with Gasteiger partial charge in [-0.3, -0.25) is 0 Å². The highest BCUT2D eigenvalue weighted by Crippen LogP contribution is 2.34. The monoisotopic (exact) mass is 223 g/mol. The third-order valence-electron chi connectivity index (χ3n) is 4.90. The summed E-state index contributed by atoms with van der Waals surface area (Å²) in [6.45, 7) is 0. The van der Waals surface area contributed by atoms with Gasteiger partial charge in [0.15, 0.2) is 0 Å². The van der Waals surface area contributed by atoms with Crippen LogP contribution in [0.15, 0.2) is 0 Å². The minimum atomic E-state index is 0.832. The van der Waals surface area contributed by atoms with E-state index in [1.807, 2.05) is 0 Å².